The van der Waals surface area contributed by atoms with Gasteiger partial charge in [0.05, 0.1) is 6.61 Å². The van der Waals surface area contributed by atoms with E-state index in [0.29, 0.717) is 6.04 Å². The molecule has 0 saturated carbocycles. The Morgan fingerprint density at radius 3 is 2.62 bits per heavy atom. The fraction of sp³-hybridized carbons (Fsp3) is 0.368. The summed E-state index contributed by atoms with van der Waals surface area (Å²) < 4.78 is 5.67. The maximum atomic E-state index is 5.67. The molecule has 1 unspecified atom stereocenters. The minimum Gasteiger partial charge on any atom is -0.494 e. The van der Waals surface area contributed by atoms with Crippen molar-refractivity contribution in [3.63, 3.8) is 0 Å². The molecule has 0 aliphatic carbocycles. The number of nitrogens with one attached hydrogen (secondary N) is 1. The molecule has 0 fully saturated rings. The number of hydrogen-bond acceptors (Lipinski definition) is 2. The first-order valence-electron chi connectivity index (χ1n) is 7.81. The number of benzene rings is 2. The highest BCUT2D eigenvalue weighted by molar-refractivity contribution is 5.48. The molecule has 1 atom stereocenters. The van der Waals surface area contributed by atoms with E-state index >= 15 is 0 Å². The summed E-state index contributed by atoms with van der Waals surface area (Å²) in [6.07, 6.45) is 3.25. The minimum atomic E-state index is 0.437. The van der Waals surface area contributed by atoms with E-state index in [4.69, 9.17) is 4.74 Å². The Hall–Kier alpha value is -1.96. The zero-order valence-corrected chi connectivity index (χ0v) is 13.0. The Balaban J connectivity index is 1.83. The molecule has 2 aromatic rings. The second kappa shape index (κ2) is 8.35. The van der Waals surface area contributed by atoms with Crippen molar-refractivity contribution in [2.24, 2.45) is 0 Å². The zero-order valence-electron chi connectivity index (χ0n) is 13.0. The highest BCUT2D eigenvalue weighted by atomic mass is 16.5. The van der Waals surface area contributed by atoms with E-state index in [2.05, 4.69) is 61.6 Å². The summed E-state index contributed by atoms with van der Waals surface area (Å²) >= 11 is 0. The molecule has 21 heavy (non-hydrogen) atoms. The molecule has 112 valence electrons. The minimum absolute atomic E-state index is 0.437. The molecule has 2 heteroatoms. The van der Waals surface area contributed by atoms with Crippen LogP contribution in [0.25, 0.3) is 0 Å². The molecule has 1 N–H and O–H groups in total. The Morgan fingerprint density at radius 1 is 1.05 bits per heavy atom. The molecular weight excluding hydrogens is 258 g/mol. The van der Waals surface area contributed by atoms with Gasteiger partial charge in [0, 0.05) is 17.8 Å². The third-order valence-electron chi connectivity index (χ3n) is 3.43. The van der Waals surface area contributed by atoms with Crippen molar-refractivity contribution < 1.29 is 4.74 Å². The summed E-state index contributed by atoms with van der Waals surface area (Å²) in [7, 11) is 0. The predicted octanol–water partition coefficient (Wildman–Crippen LogP) is 4.91. The number of ether oxygens (including phenoxy) is 1. The third-order valence-corrected chi connectivity index (χ3v) is 3.43. The maximum absolute atomic E-state index is 5.67. The summed E-state index contributed by atoms with van der Waals surface area (Å²) in [6.45, 7) is 5.11. The number of aryl methyl sites for hydroxylation is 1. The first kappa shape index (κ1) is 15.4. The van der Waals surface area contributed by atoms with E-state index in [9.17, 15) is 0 Å². The molecule has 0 amide bonds. The standard InChI is InChI=1S/C19H25NO/c1-3-14-21-19-11-7-10-18(15-19)20-16(2)12-13-17-8-5-4-6-9-17/h4-11,15-16,20H,3,12-14H2,1-2H3. The third kappa shape index (κ3) is 5.50. The lowest BCUT2D eigenvalue weighted by molar-refractivity contribution is 0.317. The lowest BCUT2D eigenvalue weighted by atomic mass is 10.1. The molecule has 2 aromatic carbocycles. The Labute approximate surface area is 128 Å². The van der Waals surface area contributed by atoms with Gasteiger partial charge in [-0.15, -0.1) is 0 Å². The van der Waals surface area contributed by atoms with Gasteiger partial charge in [-0.2, -0.15) is 0 Å². The van der Waals surface area contributed by atoms with Crippen LogP contribution in [0.15, 0.2) is 54.6 Å². The molecule has 0 saturated heterocycles. The summed E-state index contributed by atoms with van der Waals surface area (Å²) in [5, 5.41) is 3.55. The largest absolute Gasteiger partial charge is 0.494 e. The average molecular weight is 283 g/mol. The van der Waals surface area contributed by atoms with Crippen LogP contribution in [0.2, 0.25) is 0 Å². The topological polar surface area (TPSA) is 21.3 Å². The van der Waals surface area contributed by atoms with Gasteiger partial charge in [-0.05, 0) is 43.9 Å². The first-order valence-corrected chi connectivity index (χ1v) is 7.81. The maximum Gasteiger partial charge on any atom is 0.121 e. The van der Waals surface area contributed by atoms with Gasteiger partial charge in [-0.1, -0.05) is 43.3 Å². The van der Waals surface area contributed by atoms with E-state index < -0.39 is 0 Å². The van der Waals surface area contributed by atoms with Crippen molar-refractivity contribution >= 4 is 5.69 Å². The summed E-state index contributed by atoms with van der Waals surface area (Å²) in [5.74, 6) is 0.942. The van der Waals surface area contributed by atoms with Gasteiger partial charge < -0.3 is 10.1 Å². The van der Waals surface area contributed by atoms with Crippen LogP contribution in [0.4, 0.5) is 5.69 Å². The van der Waals surface area contributed by atoms with E-state index in [1.165, 1.54) is 5.56 Å². The first-order chi connectivity index (χ1) is 10.3. The molecule has 0 heterocycles. The van der Waals surface area contributed by atoms with Gasteiger partial charge in [0.15, 0.2) is 0 Å². The molecule has 0 aromatic heterocycles. The second-order valence-electron chi connectivity index (χ2n) is 5.45. The van der Waals surface area contributed by atoms with Gasteiger partial charge in [0.25, 0.3) is 0 Å². The van der Waals surface area contributed by atoms with Crippen molar-refractivity contribution in [3.8, 4) is 5.75 Å². The van der Waals surface area contributed by atoms with E-state index in [-0.39, 0.29) is 0 Å². The van der Waals surface area contributed by atoms with E-state index in [1.807, 2.05) is 12.1 Å². The van der Waals surface area contributed by atoms with Crippen LogP contribution in [-0.4, -0.2) is 12.6 Å². The summed E-state index contributed by atoms with van der Waals surface area (Å²) in [5.41, 5.74) is 2.52. The Morgan fingerprint density at radius 2 is 1.86 bits per heavy atom. The highest BCUT2D eigenvalue weighted by Crippen LogP contribution is 2.19. The monoisotopic (exact) mass is 283 g/mol. The van der Waals surface area contributed by atoms with Crippen LogP contribution in [0.3, 0.4) is 0 Å². The Bertz CT molecular complexity index is 524. The van der Waals surface area contributed by atoms with Gasteiger partial charge >= 0.3 is 0 Å². The van der Waals surface area contributed by atoms with Crippen LogP contribution in [0.5, 0.6) is 5.75 Å². The molecule has 0 aliphatic rings. The van der Waals surface area contributed by atoms with Crippen molar-refractivity contribution in [2.75, 3.05) is 11.9 Å². The molecule has 2 rings (SSSR count). The quantitative estimate of drug-likeness (QED) is 0.743. The number of hydrogen-bond donors (Lipinski definition) is 1. The summed E-state index contributed by atoms with van der Waals surface area (Å²) in [4.78, 5) is 0. The molecule has 0 bridgehead atoms. The van der Waals surface area contributed by atoms with Crippen molar-refractivity contribution in [3.05, 3.63) is 60.2 Å². The second-order valence-corrected chi connectivity index (χ2v) is 5.45. The molecule has 0 aliphatic heterocycles. The predicted molar refractivity (Wildman–Crippen MR) is 90.1 cm³/mol. The van der Waals surface area contributed by atoms with Crippen molar-refractivity contribution in [1.29, 1.82) is 0 Å². The van der Waals surface area contributed by atoms with Crippen LogP contribution in [0.1, 0.15) is 32.3 Å². The van der Waals surface area contributed by atoms with Gasteiger partial charge in [-0.3, -0.25) is 0 Å². The van der Waals surface area contributed by atoms with Gasteiger partial charge in [0.1, 0.15) is 5.75 Å². The lowest BCUT2D eigenvalue weighted by Crippen LogP contribution is -2.16. The summed E-state index contributed by atoms with van der Waals surface area (Å²) in [6, 6.07) is 19.3. The normalized spacial score (nSPS) is 11.9. The van der Waals surface area contributed by atoms with E-state index in [0.717, 1.165) is 37.3 Å². The number of rotatable bonds is 8. The average Bonchev–Trinajstić information content (AvgIpc) is 2.52. The fourth-order valence-corrected chi connectivity index (χ4v) is 2.28. The molecular formula is C19H25NO. The highest BCUT2D eigenvalue weighted by Gasteiger charge is 2.04. The van der Waals surface area contributed by atoms with Gasteiger partial charge in [0.2, 0.25) is 0 Å². The van der Waals surface area contributed by atoms with E-state index in [1.54, 1.807) is 0 Å². The molecule has 2 nitrogen and oxygen atoms in total. The van der Waals surface area contributed by atoms with Crippen LogP contribution in [-0.2, 0) is 6.42 Å². The molecule has 0 spiro atoms. The zero-order chi connectivity index (χ0) is 14.9. The smallest absolute Gasteiger partial charge is 0.121 e. The number of anilines is 1. The van der Waals surface area contributed by atoms with Gasteiger partial charge in [-0.25, -0.2) is 0 Å². The van der Waals surface area contributed by atoms with Crippen LogP contribution < -0.4 is 10.1 Å². The lowest BCUT2D eigenvalue weighted by Gasteiger charge is -2.16. The SMILES string of the molecule is CCCOc1cccc(NC(C)CCc2ccccc2)c1. The molecule has 0 radical (unpaired) electrons. The van der Waals surface area contributed by atoms with Crippen LogP contribution >= 0.6 is 0 Å². The van der Waals surface area contributed by atoms with Crippen LogP contribution in [0, 0.1) is 0 Å². The van der Waals surface area contributed by atoms with Crippen molar-refractivity contribution in [1.82, 2.24) is 0 Å². The van der Waals surface area contributed by atoms with Crippen molar-refractivity contribution in [2.45, 2.75) is 39.2 Å². The Kier molecular flexibility index (Phi) is 6.14. The fourth-order valence-electron chi connectivity index (χ4n) is 2.28.